The molecule has 0 saturated carbocycles. The van der Waals surface area contributed by atoms with Crippen molar-refractivity contribution in [2.45, 2.75) is 31.3 Å². The molecule has 3 nitrogen and oxygen atoms in total. The van der Waals surface area contributed by atoms with Crippen LogP contribution in [0.3, 0.4) is 0 Å². The van der Waals surface area contributed by atoms with Crippen LogP contribution < -0.4 is 4.74 Å². The van der Waals surface area contributed by atoms with Gasteiger partial charge in [-0.15, -0.1) is 13.2 Å². The SMILES string of the molecule is CC1(O)CC(c2ccc(-c3ccc(OC(F)(F)F)cc3)cc2)N=C1c1c(F)cccc1F. The van der Waals surface area contributed by atoms with Crippen LogP contribution in [-0.4, -0.2) is 22.8 Å². The first-order chi connectivity index (χ1) is 15.0. The molecule has 0 spiro atoms. The molecule has 3 aromatic carbocycles. The number of halogens is 5. The summed E-state index contributed by atoms with van der Waals surface area (Å²) in [4.78, 5) is 4.41. The molecule has 1 heterocycles. The van der Waals surface area contributed by atoms with E-state index in [2.05, 4.69) is 9.73 Å². The summed E-state index contributed by atoms with van der Waals surface area (Å²) in [5.74, 6) is -1.90. The highest BCUT2D eigenvalue weighted by molar-refractivity contribution is 6.08. The third-order valence-electron chi connectivity index (χ3n) is 5.30. The molecule has 32 heavy (non-hydrogen) atoms. The second-order valence-electron chi connectivity index (χ2n) is 7.76. The van der Waals surface area contributed by atoms with E-state index >= 15 is 0 Å². The summed E-state index contributed by atoms with van der Waals surface area (Å²) < 4.78 is 69.2. The molecule has 0 amide bonds. The maximum Gasteiger partial charge on any atom is 0.573 e. The molecule has 0 aliphatic carbocycles. The molecule has 4 rings (SSSR count). The van der Waals surface area contributed by atoms with Crippen molar-refractivity contribution in [2.24, 2.45) is 4.99 Å². The average Bonchev–Trinajstić information content (AvgIpc) is 3.02. The predicted octanol–water partition coefficient (Wildman–Crippen LogP) is 6.22. The van der Waals surface area contributed by atoms with Crippen molar-refractivity contribution in [2.75, 3.05) is 0 Å². The number of aliphatic hydroxyl groups is 1. The molecule has 0 fully saturated rings. The van der Waals surface area contributed by atoms with Crippen LogP contribution >= 0.6 is 0 Å². The number of alkyl halides is 3. The number of nitrogens with zero attached hydrogens (tertiary/aromatic N) is 1. The molecule has 0 aromatic heterocycles. The number of aliphatic imine (C=N–C) groups is 1. The first-order valence-electron chi connectivity index (χ1n) is 9.75. The lowest BCUT2D eigenvalue weighted by Crippen LogP contribution is -2.33. The Hall–Kier alpha value is -3.26. The van der Waals surface area contributed by atoms with Gasteiger partial charge in [0.25, 0.3) is 0 Å². The van der Waals surface area contributed by atoms with E-state index < -0.39 is 29.6 Å². The molecule has 2 unspecified atom stereocenters. The van der Waals surface area contributed by atoms with Gasteiger partial charge in [-0.2, -0.15) is 0 Å². The van der Waals surface area contributed by atoms with E-state index in [9.17, 15) is 27.1 Å². The standard InChI is InChI=1S/C24H18F5NO2/c1-23(31)13-20(30-22(23)21-18(25)3-2-4-19(21)26)16-7-5-14(6-8-16)15-9-11-17(12-10-15)32-24(27,28)29/h2-12,20,31H,13H2,1H3. The van der Waals surface area contributed by atoms with E-state index in [1.165, 1.54) is 37.3 Å². The van der Waals surface area contributed by atoms with Crippen molar-refractivity contribution in [1.29, 1.82) is 0 Å². The fourth-order valence-electron chi connectivity index (χ4n) is 3.81. The minimum Gasteiger partial charge on any atom is -0.406 e. The number of ether oxygens (including phenoxy) is 1. The highest BCUT2D eigenvalue weighted by Crippen LogP contribution is 2.39. The maximum absolute atomic E-state index is 14.2. The van der Waals surface area contributed by atoms with E-state index in [-0.39, 0.29) is 23.4 Å². The quantitative estimate of drug-likeness (QED) is 0.483. The van der Waals surface area contributed by atoms with Crippen LogP contribution in [-0.2, 0) is 0 Å². The molecule has 8 heteroatoms. The second-order valence-corrected chi connectivity index (χ2v) is 7.76. The molecule has 1 N–H and O–H groups in total. The van der Waals surface area contributed by atoms with E-state index in [1.807, 2.05) is 0 Å². The van der Waals surface area contributed by atoms with Crippen LogP contribution in [0.4, 0.5) is 22.0 Å². The zero-order valence-electron chi connectivity index (χ0n) is 16.8. The Balaban J connectivity index is 1.58. The van der Waals surface area contributed by atoms with E-state index in [0.717, 1.165) is 23.3 Å². The zero-order chi connectivity index (χ0) is 23.1. The summed E-state index contributed by atoms with van der Waals surface area (Å²) in [7, 11) is 0. The van der Waals surface area contributed by atoms with Crippen LogP contribution in [0, 0.1) is 11.6 Å². The van der Waals surface area contributed by atoms with Gasteiger partial charge in [-0.3, -0.25) is 4.99 Å². The van der Waals surface area contributed by atoms with Crippen molar-refractivity contribution in [1.82, 2.24) is 0 Å². The molecular formula is C24H18F5NO2. The van der Waals surface area contributed by atoms with Gasteiger partial charge in [-0.1, -0.05) is 42.5 Å². The van der Waals surface area contributed by atoms with E-state index in [4.69, 9.17) is 0 Å². The molecule has 3 aromatic rings. The third kappa shape index (κ3) is 4.50. The lowest BCUT2D eigenvalue weighted by molar-refractivity contribution is -0.274. The molecule has 1 aliphatic rings. The first kappa shape index (κ1) is 22.0. The molecular weight excluding hydrogens is 429 g/mol. The summed E-state index contributed by atoms with van der Waals surface area (Å²) in [6, 6.07) is 15.5. The number of benzene rings is 3. The summed E-state index contributed by atoms with van der Waals surface area (Å²) in [6.45, 7) is 1.47. The van der Waals surface area contributed by atoms with Gasteiger partial charge < -0.3 is 9.84 Å². The van der Waals surface area contributed by atoms with Crippen molar-refractivity contribution in [3.63, 3.8) is 0 Å². The predicted molar refractivity (Wildman–Crippen MR) is 109 cm³/mol. The second kappa shape index (κ2) is 8.02. The lowest BCUT2D eigenvalue weighted by atomic mass is 9.89. The number of rotatable bonds is 4. The molecule has 1 aliphatic heterocycles. The fourth-order valence-corrected chi connectivity index (χ4v) is 3.81. The van der Waals surface area contributed by atoms with Crippen molar-refractivity contribution >= 4 is 5.71 Å². The maximum atomic E-state index is 14.2. The van der Waals surface area contributed by atoms with Crippen LogP contribution in [0.1, 0.15) is 30.5 Å². The smallest absolute Gasteiger partial charge is 0.406 e. The van der Waals surface area contributed by atoms with Gasteiger partial charge in [0.2, 0.25) is 0 Å². The Bertz CT molecular complexity index is 1130. The number of hydrogen-bond acceptors (Lipinski definition) is 3. The fraction of sp³-hybridized carbons (Fsp3) is 0.208. The Kier molecular flexibility index (Phi) is 5.50. The molecule has 166 valence electrons. The van der Waals surface area contributed by atoms with Crippen molar-refractivity contribution in [3.8, 4) is 16.9 Å². The summed E-state index contributed by atoms with van der Waals surface area (Å²) >= 11 is 0. The van der Waals surface area contributed by atoms with Gasteiger partial charge in [0.1, 0.15) is 23.0 Å². The van der Waals surface area contributed by atoms with Crippen LogP contribution in [0.5, 0.6) is 5.75 Å². The Morgan fingerprint density at radius 3 is 1.97 bits per heavy atom. The minimum atomic E-state index is -4.75. The van der Waals surface area contributed by atoms with Crippen molar-refractivity contribution < 1.29 is 31.8 Å². The molecule has 0 saturated heterocycles. The average molecular weight is 447 g/mol. The van der Waals surface area contributed by atoms with Gasteiger partial charge >= 0.3 is 6.36 Å². The van der Waals surface area contributed by atoms with Gasteiger partial charge in [-0.05, 0) is 47.9 Å². The molecule has 0 bridgehead atoms. The summed E-state index contributed by atoms with van der Waals surface area (Å²) in [5.41, 5.74) is 0.280. The molecule has 0 radical (unpaired) electrons. The summed E-state index contributed by atoms with van der Waals surface area (Å²) in [5, 5.41) is 10.8. The van der Waals surface area contributed by atoms with Crippen LogP contribution in [0.2, 0.25) is 0 Å². The summed E-state index contributed by atoms with van der Waals surface area (Å²) in [6.07, 6.45) is -4.60. The monoisotopic (exact) mass is 447 g/mol. The largest absolute Gasteiger partial charge is 0.573 e. The van der Waals surface area contributed by atoms with Gasteiger partial charge in [0.15, 0.2) is 0 Å². The van der Waals surface area contributed by atoms with Gasteiger partial charge in [0.05, 0.1) is 17.3 Å². The zero-order valence-corrected chi connectivity index (χ0v) is 16.8. The van der Waals surface area contributed by atoms with Crippen LogP contribution in [0.15, 0.2) is 71.7 Å². The van der Waals surface area contributed by atoms with Crippen LogP contribution in [0.25, 0.3) is 11.1 Å². The third-order valence-corrected chi connectivity index (χ3v) is 5.30. The topological polar surface area (TPSA) is 41.8 Å². The Morgan fingerprint density at radius 1 is 0.906 bits per heavy atom. The van der Waals surface area contributed by atoms with Gasteiger partial charge in [-0.25, -0.2) is 8.78 Å². The molecule has 2 atom stereocenters. The normalized spacial score (nSPS) is 20.8. The van der Waals surface area contributed by atoms with E-state index in [0.29, 0.717) is 5.56 Å². The Morgan fingerprint density at radius 2 is 1.44 bits per heavy atom. The highest BCUT2D eigenvalue weighted by atomic mass is 19.4. The Labute approximate surface area is 180 Å². The highest BCUT2D eigenvalue weighted by Gasteiger charge is 2.41. The first-order valence-corrected chi connectivity index (χ1v) is 9.75. The van der Waals surface area contributed by atoms with E-state index in [1.54, 1.807) is 24.3 Å². The van der Waals surface area contributed by atoms with Gasteiger partial charge in [0, 0.05) is 6.42 Å². The minimum absolute atomic E-state index is 0.0394. The number of hydrogen-bond donors (Lipinski definition) is 1. The lowest BCUT2D eigenvalue weighted by Gasteiger charge is -2.20. The van der Waals surface area contributed by atoms with Crippen molar-refractivity contribution in [3.05, 3.63) is 89.5 Å².